The van der Waals surface area contributed by atoms with Crippen molar-refractivity contribution in [2.75, 3.05) is 13.2 Å². The van der Waals surface area contributed by atoms with Gasteiger partial charge in [-0.15, -0.1) is 0 Å². The Balaban J connectivity index is -0.000000319. The molecule has 0 bridgehead atoms. The third-order valence-corrected chi connectivity index (χ3v) is 15.9. The molecule has 0 unspecified atom stereocenters. The zero-order chi connectivity index (χ0) is 63.1. The van der Waals surface area contributed by atoms with Gasteiger partial charge in [-0.05, 0) is 25.7 Å². The number of carboxylic acid groups (broad SMARTS) is 4. The number of hydrogen-bond acceptors (Lipinski definition) is 7. The van der Waals surface area contributed by atoms with Gasteiger partial charge in [0.2, 0.25) is 0 Å². The lowest BCUT2D eigenvalue weighted by Crippen LogP contribution is -2.15. The van der Waals surface area contributed by atoms with Gasteiger partial charge in [0, 0.05) is 25.7 Å². The second-order valence-electron chi connectivity index (χ2n) is 24.7. The van der Waals surface area contributed by atoms with Crippen LogP contribution < -0.4 is 0 Å². The van der Waals surface area contributed by atoms with Crippen LogP contribution in [0.1, 0.15) is 426 Å². The largest absolute Gasteiger partial charge is 0.481 e. The average molecular weight is 1200 g/mol. The number of unbranched alkanes of at least 4 members (excludes halogenated alkanes) is 54. The van der Waals surface area contributed by atoms with Crippen LogP contribution in [0.15, 0.2) is 0 Å². The first-order valence-corrected chi connectivity index (χ1v) is 36.7. The minimum absolute atomic E-state index is 0.345. The number of aliphatic hydroxyl groups excluding tert-OH is 3. The van der Waals surface area contributed by atoms with E-state index in [-0.39, 0.29) is 13.2 Å². The van der Waals surface area contributed by atoms with Gasteiger partial charge in [0.05, 0.1) is 13.2 Å². The van der Waals surface area contributed by atoms with E-state index in [0.29, 0.717) is 25.7 Å². The van der Waals surface area contributed by atoms with Crippen molar-refractivity contribution in [2.24, 2.45) is 0 Å². The summed E-state index contributed by atoms with van der Waals surface area (Å²) in [4.78, 5) is 41.3. The first-order valence-electron chi connectivity index (χ1n) is 36.7. The highest BCUT2D eigenvalue weighted by Crippen LogP contribution is 2.18. The van der Waals surface area contributed by atoms with Crippen molar-refractivity contribution in [1.29, 1.82) is 0 Å². The molecule has 0 aliphatic rings. The molecule has 11 heteroatoms. The van der Waals surface area contributed by atoms with E-state index in [1.54, 1.807) is 0 Å². The highest BCUT2D eigenvalue weighted by molar-refractivity contribution is 5.67. The maximum absolute atomic E-state index is 10.3. The SMILES string of the molecule is CCCCCCCCCCCCCCCC(=O)O.CCCCCCCCCCCCCCCCCC(=O)O.CCCCCCCCCCCCCCCCCC(=O)O.CCCCCCCCCCCCCCCCCC(=O)O.OCC(O)CO. The molecule has 0 aliphatic heterocycles. The Labute approximate surface area is 521 Å². The van der Waals surface area contributed by atoms with Crippen molar-refractivity contribution >= 4 is 23.9 Å². The quantitative estimate of drug-likeness (QED) is 0.0285. The van der Waals surface area contributed by atoms with Crippen LogP contribution >= 0.6 is 0 Å². The van der Waals surface area contributed by atoms with Crippen LogP contribution in [0.3, 0.4) is 0 Å². The highest BCUT2D eigenvalue weighted by Gasteiger charge is 2.02. The molecule has 0 aromatic rings. The van der Waals surface area contributed by atoms with Crippen molar-refractivity contribution < 1.29 is 54.9 Å². The number of aliphatic hydroxyl groups is 3. The Hall–Kier alpha value is -2.24. The smallest absolute Gasteiger partial charge is 0.303 e. The molecule has 0 atom stereocenters. The standard InChI is InChI=1S/3C18H36O2.C16H32O2.C3H8O3/c3*1-2-3-4-5-6-7-8-9-10-11-12-13-14-15-16-17-18(19)20;1-2-3-4-5-6-7-8-9-10-11-12-13-14-15-16(17)18;4-1-3(6)2-5/h3*2-17H2,1H3,(H,19,20);2-15H2,1H3,(H,17,18);3-6H,1-2H2. The van der Waals surface area contributed by atoms with E-state index in [2.05, 4.69) is 27.7 Å². The molecule has 0 saturated heterocycles. The maximum atomic E-state index is 10.3. The molecule has 0 rings (SSSR count). The zero-order valence-corrected chi connectivity index (χ0v) is 56.6. The molecule has 0 aromatic carbocycles. The summed E-state index contributed by atoms with van der Waals surface area (Å²) in [5.41, 5.74) is 0. The topological polar surface area (TPSA) is 210 Å². The van der Waals surface area contributed by atoms with Gasteiger partial charge >= 0.3 is 23.9 Å². The molecule has 0 saturated carbocycles. The van der Waals surface area contributed by atoms with E-state index >= 15 is 0 Å². The van der Waals surface area contributed by atoms with Crippen molar-refractivity contribution in [1.82, 2.24) is 0 Å². The summed E-state index contributed by atoms with van der Waals surface area (Å²) < 4.78 is 0. The number of rotatable bonds is 64. The minimum Gasteiger partial charge on any atom is -0.481 e. The van der Waals surface area contributed by atoms with Gasteiger partial charge in [-0.25, -0.2) is 0 Å². The van der Waals surface area contributed by atoms with Gasteiger partial charge in [0.15, 0.2) is 0 Å². The van der Waals surface area contributed by atoms with E-state index in [0.717, 1.165) is 51.4 Å². The summed E-state index contributed by atoms with van der Waals surface area (Å²) in [6.45, 7) is 8.34. The molecule has 0 aliphatic carbocycles. The molecule has 0 amide bonds. The van der Waals surface area contributed by atoms with Crippen LogP contribution in [0.4, 0.5) is 0 Å². The first kappa shape index (κ1) is 90.5. The van der Waals surface area contributed by atoms with Gasteiger partial charge in [0.25, 0.3) is 0 Å². The molecule has 11 nitrogen and oxygen atoms in total. The number of carboxylic acids is 4. The Bertz CT molecular complexity index is 1110. The molecule has 0 aromatic heterocycles. The van der Waals surface area contributed by atoms with E-state index in [1.807, 2.05) is 0 Å². The lowest BCUT2D eigenvalue weighted by Gasteiger charge is -2.03. The maximum Gasteiger partial charge on any atom is 0.303 e. The van der Waals surface area contributed by atoms with Gasteiger partial charge in [-0.3, -0.25) is 19.2 Å². The fraction of sp³-hybridized carbons (Fsp3) is 0.945. The van der Waals surface area contributed by atoms with Crippen LogP contribution in [0, 0.1) is 0 Å². The third-order valence-electron chi connectivity index (χ3n) is 15.9. The van der Waals surface area contributed by atoms with Crippen molar-refractivity contribution in [2.45, 2.75) is 432 Å². The fourth-order valence-electron chi connectivity index (χ4n) is 10.3. The molecule has 0 heterocycles. The highest BCUT2D eigenvalue weighted by atomic mass is 16.4. The monoisotopic (exact) mass is 1200 g/mol. The number of aliphatic carboxylic acids is 4. The Kier molecular flexibility index (Phi) is 93.9. The van der Waals surface area contributed by atoms with Crippen molar-refractivity contribution in [3.05, 3.63) is 0 Å². The molecule has 0 spiro atoms. The zero-order valence-electron chi connectivity index (χ0n) is 56.6. The molecular weight excluding hydrogens is 1050 g/mol. The van der Waals surface area contributed by atoms with Gasteiger partial charge in [-0.2, -0.15) is 0 Å². The molecule has 7 N–H and O–H groups in total. The van der Waals surface area contributed by atoms with E-state index in [4.69, 9.17) is 35.7 Å². The lowest BCUT2D eigenvalue weighted by atomic mass is 10.0. The summed E-state index contributed by atoms with van der Waals surface area (Å²) in [6.07, 6.45) is 76.9. The molecule has 506 valence electrons. The normalized spacial score (nSPS) is 10.8. The summed E-state index contributed by atoms with van der Waals surface area (Å²) in [5, 5.41) is 58.1. The summed E-state index contributed by atoms with van der Waals surface area (Å²) in [5.74, 6) is -2.61. The van der Waals surface area contributed by atoms with Crippen molar-refractivity contribution in [3.8, 4) is 0 Å². The molecule has 0 radical (unpaired) electrons. The van der Waals surface area contributed by atoms with Gasteiger partial charge in [-0.1, -0.05) is 374 Å². The fourth-order valence-corrected chi connectivity index (χ4v) is 10.3. The summed E-state index contributed by atoms with van der Waals surface area (Å²) >= 11 is 0. The van der Waals surface area contributed by atoms with Crippen LogP contribution in [-0.4, -0.2) is 78.9 Å². The van der Waals surface area contributed by atoms with Crippen LogP contribution in [0.25, 0.3) is 0 Å². The Morgan fingerprint density at radius 3 is 0.369 bits per heavy atom. The van der Waals surface area contributed by atoms with Crippen LogP contribution in [-0.2, 0) is 19.2 Å². The van der Waals surface area contributed by atoms with Crippen LogP contribution in [0.2, 0.25) is 0 Å². The second-order valence-corrected chi connectivity index (χ2v) is 24.7. The van der Waals surface area contributed by atoms with E-state index in [9.17, 15) is 19.2 Å². The molecular formula is C73H148O11. The second kappa shape index (κ2) is 87.2. The van der Waals surface area contributed by atoms with Crippen LogP contribution in [0.5, 0.6) is 0 Å². The predicted molar refractivity (Wildman–Crippen MR) is 360 cm³/mol. The van der Waals surface area contributed by atoms with Crippen molar-refractivity contribution in [3.63, 3.8) is 0 Å². The Morgan fingerprint density at radius 1 is 0.202 bits per heavy atom. The van der Waals surface area contributed by atoms with Gasteiger partial charge < -0.3 is 35.7 Å². The van der Waals surface area contributed by atoms with Gasteiger partial charge in [0.1, 0.15) is 6.10 Å². The first-order chi connectivity index (χ1) is 40.9. The Morgan fingerprint density at radius 2 is 0.298 bits per heavy atom. The average Bonchev–Trinajstić information content (AvgIpc) is 3.47. The summed E-state index contributed by atoms with van der Waals surface area (Å²) in [6, 6.07) is 0. The number of hydrogen-bond donors (Lipinski definition) is 7. The molecule has 0 fully saturated rings. The number of carbonyl (C=O) groups is 4. The van der Waals surface area contributed by atoms with E-state index in [1.165, 1.54) is 321 Å². The molecule has 84 heavy (non-hydrogen) atoms. The van der Waals surface area contributed by atoms with E-state index < -0.39 is 30.0 Å². The minimum atomic E-state index is -0.954. The third kappa shape index (κ3) is 108. The lowest BCUT2D eigenvalue weighted by molar-refractivity contribution is -0.138. The summed E-state index contributed by atoms with van der Waals surface area (Å²) in [7, 11) is 0. The predicted octanol–water partition coefficient (Wildman–Crippen LogP) is 22.9.